The zero-order chi connectivity index (χ0) is 21.1. The monoisotopic (exact) mass is 403 g/mol. The fourth-order valence-corrected chi connectivity index (χ4v) is 3.38. The number of hydrogen-bond donors (Lipinski definition) is 1. The second-order valence-corrected chi connectivity index (χ2v) is 6.70. The number of aromatic nitrogens is 1. The van der Waals surface area contributed by atoms with Crippen LogP contribution in [0.15, 0.2) is 71.9 Å². The first kappa shape index (κ1) is 19.4. The number of benzene rings is 2. The number of fused-ring (bicyclic) bond motifs is 1. The number of benzodiazepines with no additional fused rings is 1. The zero-order valence-electron chi connectivity index (χ0n) is 16.1. The summed E-state index contributed by atoms with van der Waals surface area (Å²) in [4.78, 5) is 33.9. The number of carbonyl (C=O) groups is 2. The van der Waals surface area contributed by atoms with Gasteiger partial charge in [-0.25, -0.2) is 9.18 Å². The number of rotatable bonds is 4. The lowest BCUT2D eigenvalue weighted by atomic mass is 10.00. The molecule has 2 aromatic carbocycles. The van der Waals surface area contributed by atoms with Gasteiger partial charge >= 0.3 is 5.97 Å². The van der Waals surface area contributed by atoms with Gasteiger partial charge < -0.3 is 10.1 Å². The molecule has 0 saturated carbocycles. The minimum Gasteiger partial charge on any atom is -0.465 e. The minimum atomic E-state index is -0.912. The van der Waals surface area contributed by atoms with Crippen LogP contribution in [0.1, 0.15) is 27.2 Å². The second-order valence-electron chi connectivity index (χ2n) is 6.70. The lowest BCUT2D eigenvalue weighted by molar-refractivity contribution is -0.117. The Morgan fingerprint density at radius 3 is 2.57 bits per heavy atom. The number of nitrogens with zero attached hydrogens (tertiary/aromatic N) is 2. The molecule has 150 valence electrons. The third-order valence-electron chi connectivity index (χ3n) is 4.84. The molecule has 7 heteroatoms. The van der Waals surface area contributed by atoms with Gasteiger partial charge in [-0.05, 0) is 30.3 Å². The van der Waals surface area contributed by atoms with Gasteiger partial charge in [0.2, 0.25) is 5.91 Å². The van der Waals surface area contributed by atoms with E-state index < -0.39 is 17.8 Å². The Morgan fingerprint density at radius 1 is 1.07 bits per heavy atom. The summed E-state index contributed by atoms with van der Waals surface area (Å²) in [6.07, 6.45) is 1.59. The van der Waals surface area contributed by atoms with Gasteiger partial charge in [0.1, 0.15) is 11.9 Å². The van der Waals surface area contributed by atoms with Crippen molar-refractivity contribution in [2.75, 3.05) is 12.4 Å². The molecule has 1 aliphatic rings. The summed E-state index contributed by atoms with van der Waals surface area (Å²) in [5.41, 5.74) is 2.46. The first-order valence-electron chi connectivity index (χ1n) is 9.33. The van der Waals surface area contributed by atoms with E-state index in [0.29, 0.717) is 28.2 Å². The average Bonchev–Trinajstić information content (AvgIpc) is 2.90. The molecule has 1 N–H and O–H groups in total. The van der Waals surface area contributed by atoms with Crippen molar-refractivity contribution in [2.45, 2.75) is 12.5 Å². The molecule has 0 radical (unpaired) electrons. The Bertz CT molecular complexity index is 1160. The van der Waals surface area contributed by atoms with Crippen molar-refractivity contribution in [1.29, 1.82) is 0 Å². The van der Waals surface area contributed by atoms with E-state index >= 15 is 0 Å². The molecule has 1 atom stereocenters. The number of nitrogens with one attached hydrogen (secondary N) is 1. The van der Waals surface area contributed by atoms with Crippen molar-refractivity contribution in [2.24, 2.45) is 4.99 Å². The smallest absolute Gasteiger partial charge is 0.339 e. The molecule has 1 amide bonds. The number of ether oxygens (including phenoxy) is 1. The van der Waals surface area contributed by atoms with Crippen molar-refractivity contribution in [3.63, 3.8) is 0 Å². The number of para-hydroxylation sites is 1. The first-order chi connectivity index (χ1) is 14.6. The van der Waals surface area contributed by atoms with Crippen molar-refractivity contribution >= 4 is 23.3 Å². The Morgan fingerprint density at radius 2 is 1.80 bits per heavy atom. The van der Waals surface area contributed by atoms with E-state index in [9.17, 15) is 14.0 Å². The number of methoxy groups -OCH3 is 1. The fourth-order valence-electron chi connectivity index (χ4n) is 3.38. The van der Waals surface area contributed by atoms with Crippen molar-refractivity contribution < 1.29 is 18.7 Å². The van der Waals surface area contributed by atoms with Gasteiger partial charge in [-0.1, -0.05) is 30.3 Å². The predicted molar refractivity (Wildman–Crippen MR) is 110 cm³/mol. The van der Waals surface area contributed by atoms with Crippen LogP contribution in [-0.2, 0) is 16.0 Å². The van der Waals surface area contributed by atoms with Crippen molar-refractivity contribution in [3.05, 3.63) is 95.1 Å². The highest BCUT2D eigenvalue weighted by molar-refractivity contribution is 6.19. The molecule has 0 saturated heterocycles. The van der Waals surface area contributed by atoms with E-state index in [1.807, 2.05) is 0 Å². The zero-order valence-corrected chi connectivity index (χ0v) is 16.1. The number of amides is 1. The Balaban J connectivity index is 1.82. The summed E-state index contributed by atoms with van der Waals surface area (Å²) in [5.74, 6) is -1.35. The number of esters is 1. The summed E-state index contributed by atoms with van der Waals surface area (Å²) >= 11 is 0. The second kappa shape index (κ2) is 8.24. The molecule has 2 heterocycles. The van der Waals surface area contributed by atoms with Crippen LogP contribution in [0.5, 0.6) is 0 Å². The van der Waals surface area contributed by atoms with Crippen LogP contribution in [0.25, 0.3) is 0 Å². The van der Waals surface area contributed by atoms with E-state index in [4.69, 9.17) is 4.74 Å². The molecule has 4 rings (SSSR count). The number of anilines is 1. The van der Waals surface area contributed by atoms with Crippen LogP contribution in [-0.4, -0.2) is 35.7 Å². The van der Waals surface area contributed by atoms with Crippen molar-refractivity contribution in [3.8, 4) is 0 Å². The van der Waals surface area contributed by atoms with Gasteiger partial charge in [0, 0.05) is 23.7 Å². The molecule has 0 fully saturated rings. The molecule has 1 aromatic heterocycles. The minimum absolute atomic E-state index is 0.0586. The summed E-state index contributed by atoms with van der Waals surface area (Å²) in [6, 6.07) is 15.7. The van der Waals surface area contributed by atoms with Gasteiger partial charge in [0.15, 0.2) is 0 Å². The van der Waals surface area contributed by atoms with E-state index in [1.165, 1.54) is 19.4 Å². The SMILES string of the molecule is COC(=O)c1cccnc1CC1N=C(c2ccccc2F)c2ccccc2NC1=O. The summed E-state index contributed by atoms with van der Waals surface area (Å²) in [6.45, 7) is 0. The third-order valence-corrected chi connectivity index (χ3v) is 4.84. The lowest BCUT2D eigenvalue weighted by Gasteiger charge is -2.13. The number of pyridine rings is 1. The Labute approximate surface area is 172 Å². The quantitative estimate of drug-likeness (QED) is 0.677. The third kappa shape index (κ3) is 3.69. The molecular formula is C23H18FN3O3. The maximum Gasteiger partial charge on any atom is 0.339 e. The van der Waals surface area contributed by atoms with Crippen molar-refractivity contribution in [1.82, 2.24) is 4.98 Å². The summed E-state index contributed by atoms with van der Waals surface area (Å²) in [5, 5.41) is 2.85. The maximum atomic E-state index is 14.6. The van der Waals surface area contributed by atoms with Gasteiger partial charge in [-0.3, -0.25) is 14.8 Å². The van der Waals surface area contributed by atoms with Crippen LogP contribution in [0.3, 0.4) is 0 Å². The van der Waals surface area contributed by atoms with Gasteiger partial charge in [0.05, 0.1) is 29.8 Å². The van der Waals surface area contributed by atoms with Crippen LogP contribution >= 0.6 is 0 Å². The van der Waals surface area contributed by atoms with Crippen LogP contribution in [0, 0.1) is 5.82 Å². The van der Waals surface area contributed by atoms with Gasteiger partial charge in [0.25, 0.3) is 0 Å². The molecule has 0 spiro atoms. The van der Waals surface area contributed by atoms with E-state index in [2.05, 4.69) is 15.3 Å². The van der Waals surface area contributed by atoms with Crippen LogP contribution < -0.4 is 5.32 Å². The molecule has 6 nitrogen and oxygen atoms in total. The lowest BCUT2D eigenvalue weighted by Crippen LogP contribution is -2.28. The predicted octanol–water partition coefficient (Wildman–Crippen LogP) is 3.41. The highest BCUT2D eigenvalue weighted by Gasteiger charge is 2.28. The number of halogens is 1. The molecule has 1 aliphatic heterocycles. The standard InChI is InChI=1S/C23H18FN3O3/c1-30-23(29)16-9-6-12-25-19(16)13-20-22(28)27-18-11-5-3-8-15(18)21(26-20)14-7-2-4-10-17(14)24/h2-12,20H,13H2,1H3,(H,27,28). The Hall–Kier alpha value is -3.87. The largest absolute Gasteiger partial charge is 0.465 e. The number of carbonyl (C=O) groups excluding carboxylic acids is 2. The topological polar surface area (TPSA) is 80.7 Å². The summed E-state index contributed by atoms with van der Waals surface area (Å²) < 4.78 is 19.4. The van der Waals surface area contributed by atoms with E-state index in [0.717, 1.165) is 0 Å². The van der Waals surface area contributed by atoms with E-state index in [-0.39, 0.29) is 17.9 Å². The molecule has 0 aliphatic carbocycles. The molecular weight excluding hydrogens is 385 g/mol. The first-order valence-corrected chi connectivity index (χ1v) is 9.33. The molecule has 3 aromatic rings. The Kier molecular flexibility index (Phi) is 5.34. The van der Waals surface area contributed by atoms with Gasteiger partial charge in [-0.15, -0.1) is 0 Å². The van der Waals surface area contributed by atoms with Crippen LogP contribution in [0.2, 0.25) is 0 Å². The fraction of sp³-hybridized carbons (Fsp3) is 0.130. The van der Waals surface area contributed by atoms with E-state index in [1.54, 1.807) is 54.6 Å². The number of aliphatic imine (C=N–C) groups is 1. The number of hydrogen-bond acceptors (Lipinski definition) is 5. The van der Waals surface area contributed by atoms with Gasteiger partial charge in [-0.2, -0.15) is 0 Å². The molecule has 30 heavy (non-hydrogen) atoms. The summed E-state index contributed by atoms with van der Waals surface area (Å²) in [7, 11) is 1.28. The molecule has 1 unspecified atom stereocenters. The average molecular weight is 403 g/mol. The molecule has 0 bridgehead atoms. The highest BCUT2D eigenvalue weighted by atomic mass is 19.1. The normalized spacial score (nSPS) is 15.5. The van der Waals surface area contributed by atoms with Crippen LogP contribution in [0.4, 0.5) is 10.1 Å². The maximum absolute atomic E-state index is 14.6. The highest BCUT2D eigenvalue weighted by Crippen LogP contribution is 2.26.